The number of carbonyl (C=O) groups excluding carboxylic acids is 2. The molecule has 1 N–H and O–H groups in total. The SMILES string of the molecule is CCOC(=O)COc1cccc(NC(=O)c2csc(-c3ccc(Cl)s3)n2)c1. The molecule has 0 aliphatic carbocycles. The number of benzene rings is 1. The Morgan fingerprint density at radius 2 is 2.11 bits per heavy atom. The third-order valence-electron chi connectivity index (χ3n) is 3.27. The Bertz CT molecular complexity index is 954. The third-order valence-corrected chi connectivity index (χ3v) is 5.52. The first-order valence-corrected chi connectivity index (χ1v) is 10.0. The van der Waals surface area contributed by atoms with Gasteiger partial charge in [-0.3, -0.25) is 4.79 Å². The van der Waals surface area contributed by atoms with Gasteiger partial charge in [0.25, 0.3) is 5.91 Å². The van der Waals surface area contributed by atoms with Crippen LogP contribution in [0.5, 0.6) is 5.75 Å². The lowest BCUT2D eigenvalue weighted by atomic mass is 10.3. The van der Waals surface area contributed by atoms with Gasteiger partial charge in [-0.25, -0.2) is 9.78 Å². The van der Waals surface area contributed by atoms with Crippen molar-refractivity contribution in [3.8, 4) is 15.6 Å². The van der Waals surface area contributed by atoms with E-state index in [0.29, 0.717) is 28.1 Å². The van der Waals surface area contributed by atoms with E-state index in [1.165, 1.54) is 22.7 Å². The van der Waals surface area contributed by atoms with Gasteiger partial charge in [-0.1, -0.05) is 17.7 Å². The van der Waals surface area contributed by atoms with E-state index >= 15 is 0 Å². The van der Waals surface area contributed by atoms with E-state index in [0.717, 1.165) is 9.88 Å². The maximum absolute atomic E-state index is 12.4. The number of ether oxygens (including phenoxy) is 2. The molecule has 0 radical (unpaired) electrons. The Balaban J connectivity index is 1.63. The van der Waals surface area contributed by atoms with Gasteiger partial charge in [-0.05, 0) is 31.2 Å². The molecule has 9 heteroatoms. The molecule has 0 spiro atoms. The maximum Gasteiger partial charge on any atom is 0.344 e. The average Bonchev–Trinajstić information content (AvgIpc) is 3.29. The lowest BCUT2D eigenvalue weighted by Crippen LogP contribution is -2.15. The molecule has 2 aromatic heterocycles. The summed E-state index contributed by atoms with van der Waals surface area (Å²) < 4.78 is 10.8. The summed E-state index contributed by atoms with van der Waals surface area (Å²) in [6, 6.07) is 10.4. The van der Waals surface area contributed by atoms with Crippen LogP contribution in [0.1, 0.15) is 17.4 Å². The van der Waals surface area contributed by atoms with Gasteiger partial charge in [0, 0.05) is 17.1 Å². The minimum Gasteiger partial charge on any atom is -0.482 e. The van der Waals surface area contributed by atoms with Crippen molar-refractivity contribution in [2.45, 2.75) is 6.92 Å². The van der Waals surface area contributed by atoms with Crippen LogP contribution in [0.4, 0.5) is 5.69 Å². The number of hydrogen-bond acceptors (Lipinski definition) is 7. The number of thiazole rings is 1. The summed E-state index contributed by atoms with van der Waals surface area (Å²) in [6.07, 6.45) is 0. The van der Waals surface area contributed by atoms with Crippen LogP contribution in [-0.4, -0.2) is 30.1 Å². The molecule has 1 amide bonds. The first-order valence-electron chi connectivity index (χ1n) is 7.96. The number of anilines is 1. The van der Waals surface area contributed by atoms with Crippen LogP contribution < -0.4 is 10.1 Å². The molecule has 0 aliphatic rings. The van der Waals surface area contributed by atoms with E-state index in [2.05, 4.69) is 10.3 Å². The van der Waals surface area contributed by atoms with E-state index in [1.54, 1.807) is 42.6 Å². The molecule has 0 bridgehead atoms. The molecule has 0 unspecified atom stereocenters. The largest absolute Gasteiger partial charge is 0.482 e. The normalized spacial score (nSPS) is 10.4. The van der Waals surface area contributed by atoms with Crippen LogP contribution >= 0.6 is 34.3 Å². The summed E-state index contributed by atoms with van der Waals surface area (Å²) in [6.45, 7) is 1.83. The number of rotatable bonds is 7. The van der Waals surface area contributed by atoms with E-state index in [-0.39, 0.29) is 12.5 Å². The van der Waals surface area contributed by atoms with E-state index < -0.39 is 5.97 Å². The standard InChI is InChI=1S/C18H15ClN2O4S2/c1-2-24-16(22)9-25-12-5-3-4-11(8-12)20-17(23)13-10-26-18(21-13)14-6-7-15(19)27-14/h3-8,10H,2,9H2,1H3,(H,20,23). The van der Waals surface area contributed by atoms with Gasteiger partial charge in [0.1, 0.15) is 16.5 Å². The van der Waals surface area contributed by atoms with Crippen molar-refractivity contribution in [1.82, 2.24) is 4.98 Å². The summed E-state index contributed by atoms with van der Waals surface area (Å²) in [5, 5.41) is 5.20. The van der Waals surface area contributed by atoms with Gasteiger partial charge in [0.05, 0.1) is 15.8 Å². The summed E-state index contributed by atoms with van der Waals surface area (Å²) >= 11 is 8.73. The van der Waals surface area contributed by atoms with Gasteiger partial charge in [-0.2, -0.15) is 0 Å². The molecule has 2 heterocycles. The monoisotopic (exact) mass is 422 g/mol. The molecule has 27 heavy (non-hydrogen) atoms. The first-order chi connectivity index (χ1) is 13.0. The van der Waals surface area contributed by atoms with Crippen molar-refractivity contribution in [3.05, 3.63) is 51.8 Å². The highest BCUT2D eigenvalue weighted by Gasteiger charge is 2.14. The molecule has 0 aliphatic heterocycles. The average molecular weight is 423 g/mol. The highest BCUT2D eigenvalue weighted by molar-refractivity contribution is 7.23. The Kier molecular flexibility index (Phi) is 6.44. The second-order valence-corrected chi connectivity index (χ2v) is 7.79. The topological polar surface area (TPSA) is 77.5 Å². The zero-order valence-corrected chi connectivity index (χ0v) is 16.6. The van der Waals surface area contributed by atoms with Crippen molar-refractivity contribution in [2.24, 2.45) is 0 Å². The van der Waals surface area contributed by atoms with Crippen LogP contribution in [0.2, 0.25) is 4.34 Å². The third kappa shape index (κ3) is 5.29. The first kappa shape index (κ1) is 19.3. The number of nitrogens with one attached hydrogen (secondary N) is 1. The quantitative estimate of drug-likeness (QED) is 0.557. The number of aromatic nitrogens is 1. The number of amides is 1. The molecule has 3 rings (SSSR count). The van der Waals surface area contributed by atoms with Crippen LogP contribution in [0.15, 0.2) is 41.8 Å². The minimum atomic E-state index is -0.448. The van der Waals surface area contributed by atoms with E-state index in [9.17, 15) is 9.59 Å². The van der Waals surface area contributed by atoms with Crippen molar-refractivity contribution in [1.29, 1.82) is 0 Å². The molecular weight excluding hydrogens is 408 g/mol. The van der Waals surface area contributed by atoms with Crippen LogP contribution in [0.3, 0.4) is 0 Å². The summed E-state index contributed by atoms with van der Waals surface area (Å²) in [5.41, 5.74) is 0.854. The summed E-state index contributed by atoms with van der Waals surface area (Å²) in [5.74, 6) is -0.327. The molecule has 0 fully saturated rings. The van der Waals surface area contributed by atoms with Gasteiger partial charge >= 0.3 is 5.97 Å². The summed E-state index contributed by atoms with van der Waals surface area (Å²) in [4.78, 5) is 29.0. The van der Waals surface area contributed by atoms with Gasteiger partial charge in [0.15, 0.2) is 6.61 Å². The molecule has 0 saturated carbocycles. The Hall–Kier alpha value is -2.42. The fraction of sp³-hybridized carbons (Fsp3) is 0.167. The number of nitrogens with zero attached hydrogens (tertiary/aromatic N) is 1. The molecule has 1 aromatic carbocycles. The second-order valence-electron chi connectivity index (χ2n) is 5.22. The Morgan fingerprint density at radius 1 is 1.26 bits per heavy atom. The highest BCUT2D eigenvalue weighted by atomic mass is 35.5. The van der Waals surface area contributed by atoms with Crippen LogP contribution in [0.25, 0.3) is 9.88 Å². The molecule has 3 aromatic rings. The number of halogens is 1. The molecular formula is C18H15ClN2O4S2. The van der Waals surface area contributed by atoms with Crippen molar-refractivity contribution in [3.63, 3.8) is 0 Å². The second kappa shape index (κ2) is 8.98. The number of hydrogen-bond donors (Lipinski definition) is 1. The van der Waals surface area contributed by atoms with Crippen molar-refractivity contribution >= 4 is 51.8 Å². The lowest BCUT2D eigenvalue weighted by Gasteiger charge is -2.08. The van der Waals surface area contributed by atoms with E-state index in [1.807, 2.05) is 6.07 Å². The minimum absolute atomic E-state index is 0.190. The van der Waals surface area contributed by atoms with Gasteiger partial charge < -0.3 is 14.8 Å². The maximum atomic E-state index is 12.4. The lowest BCUT2D eigenvalue weighted by molar-refractivity contribution is -0.145. The van der Waals surface area contributed by atoms with Gasteiger partial charge in [0.2, 0.25) is 0 Å². The molecule has 0 saturated heterocycles. The Labute approximate surface area is 168 Å². The number of esters is 1. The fourth-order valence-corrected chi connectivity index (χ4v) is 4.04. The Morgan fingerprint density at radius 3 is 2.85 bits per heavy atom. The predicted octanol–water partition coefficient (Wildman–Crippen LogP) is 4.72. The van der Waals surface area contributed by atoms with Crippen LogP contribution in [0, 0.1) is 0 Å². The van der Waals surface area contributed by atoms with Gasteiger partial charge in [-0.15, -0.1) is 22.7 Å². The molecule has 6 nitrogen and oxygen atoms in total. The predicted molar refractivity (Wildman–Crippen MR) is 107 cm³/mol. The number of thiophene rings is 1. The highest BCUT2D eigenvalue weighted by Crippen LogP contribution is 2.33. The van der Waals surface area contributed by atoms with Crippen molar-refractivity contribution in [2.75, 3.05) is 18.5 Å². The van der Waals surface area contributed by atoms with Crippen molar-refractivity contribution < 1.29 is 19.1 Å². The fourth-order valence-electron chi connectivity index (χ4n) is 2.12. The summed E-state index contributed by atoms with van der Waals surface area (Å²) in [7, 11) is 0. The molecule has 140 valence electrons. The number of carbonyl (C=O) groups is 2. The smallest absolute Gasteiger partial charge is 0.344 e. The van der Waals surface area contributed by atoms with E-state index in [4.69, 9.17) is 21.1 Å². The zero-order chi connectivity index (χ0) is 19.2. The van der Waals surface area contributed by atoms with Crippen LogP contribution in [-0.2, 0) is 9.53 Å². The molecule has 0 atom stereocenters. The zero-order valence-electron chi connectivity index (χ0n) is 14.2.